The molecule has 1 amide bonds. The minimum absolute atomic E-state index is 0.0765. The Kier molecular flexibility index (Phi) is 7.31. The van der Waals surface area contributed by atoms with Gasteiger partial charge in [0.2, 0.25) is 5.91 Å². The van der Waals surface area contributed by atoms with Crippen molar-refractivity contribution in [2.45, 2.75) is 32.8 Å². The molecule has 7 heteroatoms. The largest absolute Gasteiger partial charge is 0.391 e. The van der Waals surface area contributed by atoms with Gasteiger partial charge >= 0.3 is 0 Å². The van der Waals surface area contributed by atoms with E-state index in [4.69, 9.17) is 0 Å². The Morgan fingerprint density at radius 1 is 1.32 bits per heavy atom. The van der Waals surface area contributed by atoms with Gasteiger partial charge in [0, 0.05) is 12.6 Å². The zero-order chi connectivity index (χ0) is 16.5. The van der Waals surface area contributed by atoms with Gasteiger partial charge in [0.1, 0.15) is 5.69 Å². The van der Waals surface area contributed by atoms with Crippen LogP contribution in [-0.2, 0) is 4.79 Å². The number of amides is 1. The van der Waals surface area contributed by atoms with Gasteiger partial charge in [0.15, 0.2) is 0 Å². The Balaban J connectivity index is 2.46. The van der Waals surface area contributed by atoms with E-state index in [-0.39, 0.29) is 30.6 Å². The molecular weight excluding hydrogens is 286 g/mol. The molecule has 1 unspecified atom stereocenters. The Morgan fingerprint density at radius 3 is 2.55 bits per heavy atom. The standard InChI is InChI=1S/C15H23N3O4/c1-3-11(4-2)14(19)9-17-15(20)10-16-12-7-5-6-8-13(12)18(21)22/h5-8,11,14,16,19H,3-4,9-10H2,1-2H3,(H,17,20). The first-order chi connectivity index (χ1) is 10.5. The number of nitro benzene ring substituents is 1. The van der Waals surface area contributed by atoms with Crippen molar-refractivity contribution in [1.29, 1.82) is 0 Å². The maximum absolute atomic E-state index is 11.7. The van der Waals surface area contributed by atoms with Crippen molar-refractivity contribution >= 4 is 17.3 Å². The molecule has 0 saturated heterocycles. The van der Waals surface area contributed by atoms with E-state index in [0.29, 0.717) is 5.69 Å². The number of aliphatic hydroxyl groups is 1. The number of hydrogen-bond donors (Lipinski definition) is 3. The molecule has 1 aromatic rings. The summed E-state index contributed by atoms with van der Waals surface area (Å²) in [6.07, 6.45) is 1.12. The van der Waals surface area contributed by atoms with Crippen LogP contribution < -0.4 is 10.6 Å². The number of rotatable bonds is 9. The predicted octanol–water partition coefficient (Wildman–Crippen LogP) is 1.92. The molecule has 0 aliphatic rings. The quantitative estimate of drug-likeness (QED) is 0.477. The van der Waals surface area contributed by atoms with E-state index < -0.39 is 11.0 Å². The summed E-state index contributed by atoms with van der Waals surface area (Å²) in [7, 11) is 0. The van der Waals surface area contributed by atoms with Crippen molar-refractivity contribution < 1.29 is 14.8 Å². The normalized spacial score (nSPS) is 12.0. The molecular formula is C15H23N3O4. The number of carbonyl (C=O) groups excluding carboxylic acids is 1. The number of hydrogen-bond acceptors (Lipinski definition) is 5. The third-order valence-electron chi connectivity index (χ3n) is 3.64. The molecule has 0 aliphatic heterocycles. The van der Waals surface area contributed by atoms with E-state index in [1.165, 1.54) is 6.07 Å². The Morgan fingerprint density at radius 2 is 1.95 bits per heavy atom. The second kappa shape index (κ2) is 8.99. The van der Waals surface area contributed by atoms with Gasteiger partial charge in [0.25, 0.3) is 5.69 Å². The highest BCUT2D eigenvalue weighted by Gasteiger charge is 2.17. The highest BCUT2D eigenvalue weighted by Crippen LogP contribution is 2.22. The summed E-state index contributed by atoms with van der Waals surface area (Å²) in [6.45, 7) is 4.09. The molecule has 1 atom stereocenters. The number of aliphatic hydroxyl groups excluding tert-OH is 1. The van der Waals surface area contributed by atoms with Crippen LogP contribution in [0.1, 0.15) is 26.7 Å². The first-order valence-corrected chi connectivity index (χ1v) is 7.41. The SMILES string of the molecule is CCC(CC)C(O)CNC(=O)CNc1ccccc1[N+](=O)[O-]. The number of carbonyl (C=O) groups is 1. The molecule has 0 radical (unpaired) electrons. The first-order valence-electron chi connectivity index (χ1n) is 7.41. The summed E-state index contributed by atoms with van der Waals surface area (Å²) in [5.41, 5.74) is 0.218. The summed E-state index contributed by atoms with van der Waals surface area (Å²) < 4.78 is 0. The van der Waals surface area contributed by atoms with Crippen molar-refractivity contribution in [3.63, 3.8) is 0 Å². The van der Waals surface area contributed by atoms with E-state index in [1.54, 1.807) is 18.2 Å². The molecule has 0 saturated carbocycles. The summed E-state index contributed by atoms with van der Waals surface area (Å²) in [5.74, 6) is -0.161. The zero-order valence-corrected chi connectivity index (χ0v) is 12.9. The van der Waals surface area contributed by atoms with Crippen molar-refractivity contribution in [1.82, 2.24) is 5.32 Å². The fourth-order valence-electron chi connectivity index (χ4n) is 2.24. The molecule has 0 spiro atoms. The first kappa shape index (κ1) is 17.9. The van der Waals surface area contributed by atoms with Crippen LogP contribution in [-0.4, -0.2) is 35.1 Å². The summed E-state index contributed by atoms with van der Waals surface area (Å²) >= 11 is 0. The van der Waals surface area contributed by atoms with Crippen molar-refractivity contribution in [2.75, 3.05) is 18.4 Å². The minimum Gasteiger partial charge on any atom is -0.391 e. The van der Waals surface area contributed by atoms with E-state index in [0.717, 1.165) is 12.8 Å². The molecule has 0 aromatic heterocycles. The Hall–Kier alpha value is -2.15. The minimum atomic E-state index is -0.579. The van der Waals surface area contributed by atoms with Crippen LogP contribution in [0.3, 0.4) is 0 Å². The topological polar surface area (TPSA) is 104 Å². The second-order valence-corrected chi connectivity index (χ2v) is 5.08. The van der Waals surface area contributed by atoms with Gasteiger partial charge in [-0.3, -0.25) is 14.9 Å². The Labute approximate surface area is 129 Å². The maximum atomic E-state index is 11.7. The molecule has 1 aromatic carbocycles. The Bertz CT molecular complexity index is 503. The molecule has 0 bridgehead atoms. The lowest BCUT2D eigenvalue weighted by Crippen LogP contribution is -2.38. The van der Waals surface area contributed by atoms with Gasteiger partial charge in [-0.2, -0.15) is 0 Å². The molecule has 0 fully saturated rings. The van der Waals surface area contributed by atoms with E-state index in [2.05, 4.69) is 10.6 Å². The van der Waals surface area contributed by atoms with Crippen LogP contribution in [0.15, 0.2) is 24.3 Å². The monoisotopic (exact) mass is 309 g/mol. The maximum Gasteiger partial charge on any atom is 0.292 e. The number of para-hydroxylation sites is 2. The molecule has 22 heavy (non-hydrogen) atoms. The molecule has 7 nitrogen and oxygen atoms in total. The average Bonchev–Trinajstić information content (AvgIpc) is 2.52. The highest BCUT2D eigenvalue weighted by molar-refractivity contribution is 5.81. The van der Waals surface area contributed by atoms with Gasteiger partial charge in [-0.25, -0.2) is 0 Å². The van der Waals surface area contributed by atoms with Crippen molar-refractivity contribution in [3.8, 4) is 0 Å². The van der Waals surface area contributed by atoms with Crippen LogP contribution in [0, 0.1) is 16.0 Å². The van der Waals surface area contributed by atoms with Crippen LogP contribution in [0.5, 0.6) is 0 Å². The summed E-state index contributed by atoms with van der Waals surface area (Å²) in [4.78, 5) is 22.1. The number of nitro groups is 1. The lowest BCUT2D eigenvalue weighted by molar-refractivity contribution is -0.383. The van der Waals surface area contributed by atoms with E-state index in [9.17, 15) is 20.0 Å². The lowest BCUT2D eigenvalue weighted by atomic mass is 9.96. The van der Waals surface area contributed by atoms with Gasteiger partial charge in [0.05, 0.1) is 17.6 Å². The number of nitrogens with zero attached hydrogens (tertiary/aromatic N) is 1. The van der Waals surface area contributed by atoms with Gasteiger partial charge in [-0.15, -0.1) is 0 Å². The van der Waals surface area contributed by atoms with E-state index in [1.807, 2.05) is 13.8 Å². The number of nitrogens with one attached hydrogen (secondary N) is 2. The lowest BCUT2D eigenvalue weighted by Gasteiger charge is -2.20. The highest BCUT2D eigenvalue weighted by atomic mass is 16.6. The van der Waals surface area contributed by atoms with Gasteiger partial charge in [-0.05, 0) is 12.0 Å². The zero-order valence-electron chi connectivity index (χ0n) is 12.9. The summed E-state index contributed by atoms with van der Waals surface area (Å²) in [5, 5.41) is 26.2. The second-order valence-electron chi connectivity index (χ2n) is 5.08. The number of benzene rings is 1. The molecule has 1 rings (SSSR count). The van der Waals surface area contributed by atoms with Gasteiger partial charge < -0.3 is 15.7 Å². The van der Waals surface area contributed by atoms with Crippen LogP contribution in [0.4, 0.5) is 11.4 Å². The van der Waals surface area contributed by atoms with Gasteiger partial charge in [-0.1, -0.05) is 38.8 Å². The third kappa shape index (κ3) is 5.33. The molecule has 0 aliphatic carbocycles. The third-order valence-corrected chi connectivity index (χ3v) is 3.64. The fraction of sp³-hybridized carbons (Fsp3) is 0.533. The van der Waals surface area contributed by atoms with Crippen molar-refractivity contribution in [2.24, 2.45) is 5.92 Å². The van der Waals surface area contributed by atoms with Crippen LogP contribution in [0.2, 0.25) is 0 Å². The fourth-order valence-corrected chi connectivity index (χ4v) is 2.24. The van der Waals surface area contributed by atoms with Crippen molar-refractivity contribution in [3.05, 3.63) is 34.4 Å². The summed E-state index contributed by atoms with van der Waals surface area (Å²) in [6, 6.07) is 6.14. The number of anilines is 1. The van der Waals surface area contributed by atoms with Crippen LogP contribution >= 0.6 is 0 Å². The molecule has 0 heterocycles. The van der Waals surface area contributed by atoms with Crippen LogP contribution in [0.25, 0.3) is 0 Å². The smallest absolute Gasteiger partial charge is 0.292 e. The predicted molar refractivity (Wildman–Crippen MR) is 84.7 cm³/mol. The average molecular weight is 309 g/mol. The van der Waals surface area contributed by atoms with E-state index >= 15 is 0 Å². The molecule has 3 N–H and O–H groups in total. The molecule has 122 valence electrons.